The summed E-state index contributed by atoms with van der Waals surface area (Å²) in [6, 6.07) is 4.45. The molecule has 0 radical (unpaired) electrons. The Bertz CT molecular complexity index is 459. The van der Waals surface area contributed by atoms with Crippen molar-refractivity contribution in [3.63, 3.8) is 0 Å². The number of hydrogen-bond donors (Lipinski definition) is 2. The maximum atomic E-state index is 11.8. The Morgan fingerprint density at radius 1 is 1.26 bits per heavy atom. The smallest absolute Gasteiger partial charge is 0.236 e. The Morgan fingerprint density at radius 2 is 1.89 bits per heavy atom. The van der Waals surface area contributed by atoms with Crippen LogP contribution in [0.1, 0.15) is 41.0 Å². The van der Waals surface area contributed by atoms with Crippen LogP contribution < -0.4 is 10.6 Å². The van der Waals surface area contributed by atoms with Crippen LogP contribution in [-0.4, -0.2) is 25.5 Å². The lowest BCUT2D eigenvalue weighted by Gasteiger charge is -2.31. The van der Waals surface area contributed by atoms with Crippen LogP contribution in [0.3, 0.4) is 0 Å². The molecule has 0 aromatic heterocycles. The quantitative estimate of drug-likeness (QED) is 0.856. The molecule has 2 N–H and O–H groups in total. The number of hydrogen-bond acceptors (Lipinski definition) is 2. The van der Waals surface area contributed by atoms with Crippen LogP contribution in [0.25, 0.3) is 0 Å². The number of aryl methyl sites for hydroxylation is 3. The lowest BCUT2D eigenvalue weighted by Crippen LogP contribution is -2.47. The lowest BCUT2D eigenvalue weighted by molar-refractivity contribution is -0.123. The second-order valence-electron chi connectivity index (χ2n) is 5.65. The highest BCUT2D eigenvalue weighted by Gasteiger charge is 2.28. The van der Waals surface area contributed by atoms with Gasteiger partial charge in [0.15, 0.2) is 0 Å². The highest BCUT2D eigenvalue weighted by Crippen LogP contribution is 2.33. The SMILES string of the molecule is CNC(=O)C1CC(c2c(C)cc(C)cc2C)CCN1. The lowest BCUT2D eigenvalue weighted by atomic mass is 9.81. The fraction of sp³-hybridized carbons (Fsp3) is 0.562. The summed E-state index contributed by atoms with van der Waals surface area (Å²) in [7, 11) is 1.70. The van der Waals surface area contributed by atoms with E-state index in [1.54, 1.807) is 7.05 Å². The van der Waals surface area contributed by atoms with Crippen LogP contribution in [0.2, 0.25) is 0 Å². The molecule has 0 bridgehead atoms. The van der Waals surface area contributed by atoms with Gasteiger partial charge < -0.3 is 10.6 Å². The molecule has 2 atom stereocenters. The third kappa shape index (κ3) is 2.98. The number of amides is 1. The summed E-state index contributed by atoms with van der Waals surface area (Å²) in [5.74, 6) is 0.594. The maximum absolute atomic E-state index is 11.8. The van der Waals surface area contributed by atoms with E-state index in [-0.39, 0.29) is 11.9 Å². The molecule has 1 amide bonds. The molecule has 1 aromatic carbocycles. The second kappa shape index (κ2) is 5.74. The fourth-order valence-corrected chi connectivity index (χ4v) is 3.39. The topological polar surface area (TPSA) is 41.1 Å². The van der Waals surface area contributed by atoms with E-state index in [9.17, 15) is 4.79 Å². The Hall–Kier alpha value is -1.35. The van der Waals surface area contributed by atoms with Crippen LogP contribution in [0, 0.1) is 20.8 Å². The normalized spacial score (nSPS) is 23.2. The van der Waals surface area contributed by atoms with Gasteiger partial charge in [0.1, 0.15) is 0 Å². The van der Waals surface area contributed by atoms with Crippen molar-refractivity contribution in [2.45, 2.75) is 45.6 Å². The number of likely N-dealkylation sites (N-methyl/N-ethyl adjacent to an activating group) is 1. The third-order valence-electron chi connectivity index (χ3n) is 4.11. The van der Waals surface area contributed by atoms with Crippen molar-refractivity contribution in [3.05, 3.63) is 34.4 Å². The second-order valence-corrected chi connectivity index (χ2v) is 5.65. The first kappa shape index (κ1) is 14.1. The Kier molecular flexibility index (Phi) is 4.25. The number of nitrogens with one attached hydrogen (secondary N) is 2. The average molecular weight is 260 g/mol. The van der Waals surface area contributed by atoms with Gasteiger partial charge in [0.05, 0.1) is 6.04 Å². The minimum absolute atomic E-state index is 0.0520. The van der Waals surface area contributed by atoms with Gasteiger partial charge in [-0.15, -0.1) is 0 Å². The summed E-state index contributed by atoms with van der Waals surface area (Å²) >= 11 is 0. The van der Waals surface area contributed by atoms with Crippen LogP contribution in [-0.2, 0) is 4.79 Å². The van der Waals surface area contributed by atoms with Gasteiger partial charge in [0, 0.05) is 7.05 Å². The minimum atomic E-state index is -0.0520. The largest absolute Gasteiger partial charge is 0.358 e. The molecular weight excluding hydrogens is 236 g/mol. The minimum Gasteiger partial charge on any atom is -0.358 e. The molecule has 0 saturated carbocycles. The monoisotopic (exact) mass is 260 g/mol. The first-order valence-electron chi connectivity index (χ1n) is 7.05. The molecule has 1 saturated heterocycles. The van der Waals surface area contributed by atoms with E-state index in [0.29, 0.717) is 5.92 Å². The van der Waals surface area contributed by atoms with E-state index >= 15 is 0 Å². The molecule has 1 aromatic rings. The molecule has 3 heteroatoms. The molecule has 104 valence electrons. The fourth-order valence-electron chi connectivity index (χ4n) is 3.39. The van der Waals surface area contributed by atoms with Crippen LogP contribution >= 0.6 is 0 Å². The van der Waals surface area contributed by atoms with Crippen molar-refractivity contribution >= 4 is 5.91 Å². The van der Waals surface area contributed by atoms with Crippen LogP contribution in [0.15, 0.2) is 12.1 Å². The van der Waals surface area contributed by atoms with E-state index in [0.717, 1.165) is 19.4 Å². The zero-order valence-electron chi connectivity index (χ0n) is 12.3. The summed E-state index contributed by atoms with van der Waals surface area (Å²) in [6.07, 6.45) is 2.00. The van der Waals surface area contributed by atoms with Gasteiger partial charge in [-0.3, -0.25) is 4.79 Å². The van der Waals surface area contributed by atoms with Crippen molar-refractivity contribution in [2.75, 3.05) is 13.6 Å². The molecule has 19 heavy (non-hydrogen) atoms. The molecule has 0 spiro atoms. The molecular formula is C16H24N2O. The maximum Gasteiger partial charge on any atom is 0.236 e. The van der Waals surface area contributed by atoms with E-state index in [1.807, 2.05) is 0 Å². The van der Waals surface area contributed by atoms with Gasteiger partial charge in [-0.25, -0.2) is 0 Å². The van der Waals surface area contributed by atoms with Gasteiger partial charge in [0.25, 0.3) is 0 Å². The molecule has 1 aliphatic heterocycles. The number of rotatable bonds is 2. The zero-order chi connectivity index (χ0) is 14.0. The highest BCUT2D eigenvalue weighted by atomic mass is 16.2. The van der Waals surface area contributed by atoms with Crippen LogP contribution in [0.4, 0.5) is 0 Å². The first-order chi connectivity index (χ1) is 9.02. The molecule has 1 fully saturated rings. The third-order valence-corrected chi connectivity index (χ3v) is 4.11. The Labute approximate surface area is 115 Å². The first-order valence-corrected chi connectivity index (χ1v) is 7.05. The molecule has 0 aliphatic carbocycles. The molecule has 1 aliphatic rings. The predicted octanol–water partition coefficient (Wildman–Crippen LogP) is 2.19. The summed E-state index contributed by atoms with van der Waals surface area (Å²) in [6.45, 7) is 7.42. The van der Waals surface area contributed by atoms with E-state index in [1.165, 1.54) is 22.3 Å². The Morgan fingerprint density at radius 3 is 2.47 bits per heavy atom. The Balaban J connectivity index is 2.25. The number of piperidine rings is 1. The number of carbonyl (C=O) groups is 1. The van der Waals surface area contributed by atoms with Crippen molar-refractivity contribution in [1.82, 2.24) is 10.6 Å². The summed E-state index contributed by atoms with van der Waals surface area (Å²) in [5, 5.41) is 6.05. The predicted molar refractivity (Wildman–Crippen MR) is 78.5 cm³/mol. The standard InChI is InChI=1S/C16H24N2O/c1-10-7-11(2)15(12(3)8-10)13-5-6-18-14(9-13)16(19)17-4/h7-8,13-14,18H,5-6,9H2,1-4H3,(H,17,19). The molecule has 1 heterocycles. The number of benzene rings is 1. The van der Waals surface area contributed by atoms with Crippen molar-refractivity contribution < 1.29 is 4.79 Å². The molecule has 3 nitrogen and oxygen atoms in total. The van der Waals surface area contributed by atoms with E-state index < -0.39 is 0 Å². The summed E-state index contributed by atoms with van der Waals surface area (Å²) in [5.41, 5.74) is 5.48. The zero-order valence-corrected chi connectivity index (χ0v) is 12.3. The number of carbonyl (C=O) groups excluding carboxylic acids is 1. The summed E-state index contributed by atoms with van der Waals surface area (Å²) < 4.78 is 0. The van der Waals surface area contributed by atoms with Crippen molar-refractivity contribution in [2.24, 2.45) is 0 Å². The van der Waals surface area contributed by atoms with E-state index in [4.69, 9.17) is 0 Å². The van der Waals surface area contributed by atoms with E-state index in [2.05, 4.69) is 43.5 Å². The summed E-state index contributed by atoms with van der Waals surface area (Å²) in [4.78, 5) is 11.8. The van der Waals surface area contributed by atoms with Gasteiger partial charge in [-0.2, -0.15) is 0 Å². The molecule has 2 unspecified atom stereocenters. The van der Waals surface area contributed by atoms with Crippen molar-refractivity contribution in [1.29, 1.82) is 0 Å². The van der Waals surface area contributed by atoms with Gasteiger partial charge in [-0.05, 0) is 62.8 Å². The van der Waals surface area contributed by atoms with Crippen LogP contribution in [0.5, 0.6) is 0 Å². The van der Waals surface area contributed by atoms with Gasteiger partial charge in [-0.1, -0.05) is 17.7 Å². The molecule has 2 rings (SSSR count). The van der Waals surface area contributed by atoms with Gasteiger partial charge in [0.2, 0.25) is 5.91 Å². The van der Waals surface area contributed by atoms with Crippen molar-refractivity contribution in [3.8, 4) is 0 Å². The average Bonchev–Trinajstić information content (AvgIpc) is 2.37. The van der Waals surface area contributed by atoms with Gasteiger partial charge >= 0.3 is 0 Å². The highest BCUT2D eigenvalue weighted by molar-refractivity contribution is 5.81.